The Bertz CT molecular complexity index is 258. The lowest BCUT2D eigenvalue weighted by Crippen LogP contribution is -2.50. The number of aliphatic carboxylic acids is 1. The van der Waals surface area contributed by atoms with Gasteiger partial charge in [-0.05, 0) is 12.8 Å². The molecule has 0 radical (unpaired) electrons. The Kier molecular flexibility index (Phi) is 4.70. The van der Waals surface area contributed by atoms with E-state index in [1.807, 2.05) is 0 Å². The zero-order chi connectivity index (χ0) is 12.0. The Morgan fingerprint density at radius 3 is 2.56 bits per heavy atom. The van der Waals surface area contributed by atoms with Crippen LogP contribution in [0.25, 0.3) is 0 Å². The number of rotatable bonds is 7. The summed E-state index contributed by atoms with van der Waals surface area (Å²) in [5.41, 5.74) is 5.19. The molecule has 1 fully saturated rings. The molecule has 0 unspecified atom stereocenters. The van der Waals surface area contributed by atoms with Gasteiger partial charge in [-0.2, -0.15) is 0 Å². The average Bonchev–Trinajstić information content (AvgIpc) is 2.16. The highest BCUT2D eigenvalue weighted by Gasteiger charge is 2.42. The van der Waals surface area contributed by atoms with Crippen LogP contribution in [0.3, 0.4) is 0 Å². The smallest absolute Gasteiger partial charge is 0.329 e. The number of carboxylic acids is 1. The van der Waals surface area contributed by atoms with E-state index in [1.54, 1.807) is 0 Å². The fraction of sp³-hybridized carbons (Fsp3) is 0.800. The third-order valence-electron chi connectivity index (χ3n) is 2.94. The molecule has 6 heteroatoms. The molecule has 0 aromatic heterocycles. The minimum atomic E-state index is -1.01. The molecule has 1 saturated carbocycles. The first-order valence-corrected chi connectivity index (χ1v) is 5.39. The molecule has 4 N–H and O–H groups in total. The lowest BCUT2D eigenvalue weighted by Gasteiger charge is -2.39. The largest absolute Gasteiger partial charge is 0.480 e. The number of carbonyl (C=O) groups is 2. The van der Waals surface area contributed by atoms with E-state index in [-0.39, 0.29) is 24.5 Å². The first-order chi connectivity index (χ1) is 7.60. The van der Waals surface area contributed by atoms with Gasteiger partial charge in [-0.3, -0.25) is 4.79 Å². The van der Waals surface area contributed by atoms with Crippen LogP contribution in [0.15, 0.2) is 0 Å². The van der Waals surface area contributed by atoms with Gasteiger partial charge in [-0.15, -0.1) is 0 Å². The number of carbonyl (C=O) groups excluding carboxylic acids is 1. The van der Waals surface area contributed by atoms with Crippen molar-refractivity contribution in [3.63, 3.8) is 0 Å². The summed E-state index contributed by atoms with van der Waals surface area (Å²) >= 11 is 0. The van der Waals surface area contributed by atoms with E-state index in [1.165, 1.54) is 0 Å². The second kappa shape index (κ2) is 5.81. The molecule has 0 bridgehead atoms. The van der Waals surface area contributed by atoms with E-state index in [0.717, 1.165) is 19.3 Å². The molecule has 0 atom stereocenters. The van der Waals surface area contributed by atoms with E-state index in [9.17, 15) is 9.59 Å². The molecule has 92 valence electrons. The number of hydrogen-bond acceptors (Lipinski definition) is 4. The van der Waals surface area contributed by atoms with Crippen LogP contribution < -0.4 is 11.1 Å². The lowest BCUT2D eigenvalue weighted by atomic mass is 9.68. The highest BCUT2D eigenvalue weighted by atomic mass is 16.5. The van der Waals surface area contributed by atoms with Crippen molar-refractivity contribution in [3.05, 3.63) is 0 Å². The molecule has 0 aromatic carbocycles. The number of nitrogens with two attached hydrogens (primary N) is 1. The second-order valence-electron chi connectivity index (χ2n) is 4.04. The van der Waals surface area contributed by atoms with Crippen molar-refractivity contribution in [1.29, 1.82) is 0 Å². The van der Waals surface area contributed by atoms with Crippen LogP contribution in [0.4, 0.5) is 0 Å². The first kappa shape index (κ1) is 12.9. The molecular weight excluding hydrogens is 212 g/mol. The summed E-state index contributed by atoms with van der Waals surface area (Å²) in [6.45, 7) is 0.569. The van der Waals surface area contributed by atoms with Crippen molar-refractivity contribution in [2.24, 2.45) is 11.1 Å². The summed E-state index contributed by atoms with van der Waals surface area (Å²) in [4.78, 5) is 21.8. The van der Waals surface area contributed by atoms with E-state index in [4.69, 9.17) is 15.6 Å². The summed E-state index contributed by atoms with van der Waals surface area (Å²) in [6, 6.07) is 0. The van der Waals surface area contributed by atoms with Crippen LogP contribution in [0, 0.1) is 5.41 Å². The predicted octanol–water partition coefficient (Wildman–Crippen LogP) is -0.667. The van der Waals surface area contributed by atoms with Crippen LogP contribution >= 0.6 is 0 Å². The third kappa shape index (κ3) is 3.18. The standard InChI is InChI=1S/C10H18N2O4/c11-7-10(2-1-3-10)9(15)12-4-5-16-6-8(13)14/h1-7,11H2,(H,12,15)(H,13,14). The normalized spacial score (nSPS) is 17.6. The molecule has 0 saturated heterocycles. The molecule has 16 heavy (non-hydrogen) atoms. The molecular formula is C10H18N2O4. The van der Waals surface area contributed by atoms with E-state index >= 15 is 0 Å². The van der Waals surface area contributed by atoms with Crippen molar-refractivity contribution in [3.8, 4) is 0 Å². The fourth-order valence-electron chi connectivity index (χ4n) is 1.71. The molecule has 1 aliphatic rings. The molecule has 1 rings (SSSR count). The van der Waals surface area contributed by atoms with Crippen molar-refractivity contribution in [2.45, 2.75) is 19.3 Å². The van der Waals surface area contributed by atoms with Crippen molar-refractivity contribution >= 4 is 11.9 Å². The Labute approximate surface area is 94.1 Å². The number of ether oxygens (including phenoxy) is 1. The minimum absolute atomic E-state index is 0.0415. The van der Waals surface area contributed by atoms with Gasteiger partial charge < -0.3 is 20.9 Å². The SMILES string of the molecule is NCC1(C(=O)NCCOCC(=O)O)CCC1. The zero-order valence-corrected chi connectivity index (χ0v) is 9.20. The molecule has 0 spiro atoms. The van der Waals surface area contributed by atoms with E-state index in [2.05, 4.69) is 5.32 Å². The molecule has 6 nitrogen and oxygen atoms in total. The monoisotopic (exact) mass is 230 g/mol. The van der Waals surface area contributed by atoms with E-state index < -0.39 is 5.97 Å². The Morgan fingerprint density at radius 2 is 2.12 bits per heavy atom. The zero-order valence-electron chi connectivity index (χ0n) is 9.20. The van der Waals surface area contributed by atoms with Gasteiger partial charge in [0, 0.05) is 13.1 Å². The summed E-state index contributed by atoms with van der Waals surface area (Å²) < 4.78 is 4.80. The summed E-state index contributed by atoms with van der Waals surface area (Å²) in [5.74, 6) is -1.05. The molecule has 1 amide bonds. The molecule has 0 aromatic rings. The summed E-state index contributed by atoms with van der Waals surface area (Å²) in [6.07, 6.45) is 2.72. The van der Waals surface area contributed by atoms with Crippen LogP contribution in [-0.4, -0.2) is 43.3 Å². The average molecular weight is 230 g/mol. The summed E-state index contributed by atoms with van der Waals surface area (Å²) in [5, 5.41) is 11.0. The highest BCUT2D eigenvalue weighted by Crippen LogP contribution is 2.39. The van der Waals surface area contributed by atoms with Crippen molar-refractivity contribution < 1.29 is 19.4 Å². The topological polar surface area (TPSA) is 102 Å². The molecule has 0 heterocycles. The fourth-order valence-corrected chi connectivity index (χ4v) is 1.71. The van der Waals surface area contributed by atoms with E-state index in [0.29, 0.717) is 13.1 Å². The minimum Gasteiger partial charge on any atom is -0.480 e. The van der Waals surface area contributed by atoms with Gasteiger partial charge in [0.05, 0.1) is 12.0 Å². The number of amides is 1. The number of nitrogens with one attached hydrogen (secondary N) is 1. The quantitative estimate of drug-likeness (QED) is 0.504. The molecule has 1 aliphatic carbocycles. The maximum Gasteiger partial charge on any atom is 0.329 e. The second-order valence-corrected chi connectivity index (χ2v) is 4.04. The van der Waals surface area contributed by atoms with Gasteiger partial charge >= 0.3 is 5.97 Å². The Balaban J connectivity index is 2.13. The van der Waals surface area contributed by atoms with Crippen LogP contribution in [0.5, 0.6) is 0 Å². The maximum atomic E-state index is 11.7. The molecule has 0 aliphatic heterocycles. The van der Waals surface area contributed by atoms with Crippen LogP contribution in [-0.2, 0) is 14.3 Å². The predicted molar refractivity (Wildman–Crippen MR) is 56.8 cm³/mol. The lowest BCUT2D eigenvalue weighted by molar-refractivity contribution is -0.142. The van der Waals surface area contributed by atoms with Gasteiger partial charge in [0.25, 0.3) is 0 Å². The van der Waals surface area contributed by atoms with Crippen LogP contribution in [0.1, 0.15) is 19.3 Å². The summed E-state index contributed by atoms with van der Waals surface area (Å²) in [7, 11) is 0. The Morgan fingerprint density at radius 1 is 1.44 bits per heavy atom. The van der Waals surface area contributed by atoms with Gasteiger partial charge in [0.15, 0.2) is 0 Å². The van der Waals surface area contributed by atoms with Crippen LogP contribution in [0.2, 0.25) is 0 Å². The van der Waals surface area contributed by atoms with Crippen molar-refractivity contribution in [2.75, 3.05) is 26.3 Å². The number of carboxylic acid groups (broad SMARTS) is 1. The maximum absolute atomic E-state index is 11.7. The highest BCUT2D eigenvalue weighted by molar-refractivity contribution is 5.83. The first-order valence-electron chi connectivity index (χ1n) is 5.39. The van der Waals surface area contributed by atoms with Gasteiger partial charge in [0.2, 0.25) is 5.91 Å². The van der Waals surface area contributed by atoms with Gasteiger partial charge in [0.1, 0.15) is 6.61 Å². The van der Waals surface area contributed by atoms with Crippen molar-refractivity contribution in [1.82, 2.24) is 5.32 Å². The Hall–Kier alpha value is -1.14. The van der Waals surface area contributed by atoms with Gasteiger partial charge in [-0.25, -0.2) is 4.79 Å². The number of hydrogen-bond donors (Lipinski definition) is 3. The third-order valence-corrected chi connectivity index (χ3v) is 2.94. The van der Waals surface area contributed by atoms with Gasteiger partial charge in [-0.1, -0.05) is 6.42 Å².